The van der Waals surface area contributed by atoms with Crippen LogP contribution in [0.5, 0.6) is 0 Å². The van der Waals surface area contributed by atoms with Gasteiger partial charge in [-0.15, -0.1) is 5.16 Å². The van der Waals surface area contributed by atoms with Crippen LogP contribution < -0.4 is 0 Å². The molecule has 1 rings (SSSR count). The van der Waals surface area contributed by atoms with Crippen molar-refractivity contribution in [1.82, 2.24) is 5.06 Å². The van der Waals surface area contributed by atoms with Crippen molar-refractivity contribution in [3.05, 3.63) is 0 Å². The van der Waals surface area contributed by atoms with Gasteiger partial charge < -0.3 is 10.0 Å². The van der Waals surface area contributed by atoms with E-state index in [0.717, 1.165) is 25.9 Å². The van der Waals surface area contributed by atoms with Gasteiger partial charge in [0.1, 0.15) is 0 Å². The predicted molar refractivity (Wildman–Crippen MR) is 41.6 cm³/mol. The fourth-order valence-electron chi connectivity index (χ4n) is 1.30. The second-order valence-corrected chi connectivity index (χ2v) is 2.71. The molecule has 0 aromatic rings. The third-order valence-corrected chi connectivity index (χ3v) is 2.03. The third-order valence-electron chi connectivity index (χ3n) is 2.03. The van der Waals surface area contributed by atoms with Gasteiger partial charge in [0, 0.05) is 25.2 Å². The van der Waals surface area contributed by atoms with E-state index >= 15 is 0 Å². The summed E-state index contributed by atoms with van der Waals surface area (Å²) in [6, 6.07) is 0. The smallest absolute Gasteiger partial charge is 0.0575 e. The van der Waals surface area contributed by atoms with Crippen molar-refractivity contribution in [2.24, 2.45) is 11.1 Å². The molecule has 4 heteroatoms. The van der Waals surface area contributed by atoms with Gasteiger partial charge in [0.05, 0.1) is 7.11 Å². The monoisotopic (exact) mass is 158 g/mol. The minimum atomic E-state index is 0.423. The number of oxime groups is 1. The lowest BCUT2D eigenvalue weighted by atomic mass is 10.00. The average Bonchev–Trinajstić information content (AvgIpc) is 2.07. The molecule has 4 nitrogen and oxygen atoms in total. The summed E-state index contributed by atoms with van der Waals surface area (Å²) in [5.41, 5.74) is 0. The summed E-state index contributed by atoms with van der Waals surface area (Å²) in [6.07, 6.45) is 3.63. The van der Waals surface area contributed by atoms with Gasteiger partial charge in [-0.25, -0.2) is 0 Å². The second kappa shape index (κ2) is 4.31. The summed E-state index contributed by atoms with van der Waals surface area (Å²) in [7, 11) is 1.68. The first kappa shape index (κ1) is 8.49. The van der Waals surface area contributed by atoms with E-state index < -0.39 is 0 Å². The van der Waals surface area contributed by atoms with Crippen molar-refractivity contribution in [3.63, 3.8) is 0 Å². The first-order valence-electron chi connectivity index (χ1n) is 3.83. The molecule has 0 atom stereocenters. The van der Waals surface area contributed by atoms with E-state index in [4.69, 9.17) is 10.0 Å². The summed E-state index contributed by atoms with van der Waals surface area (Å²) in [5.74, 6) is 0.423. The summed E-state index contributed by atoms with van der Waals surface area (Å²) < 4.78 is 0. The van der Waals surface area contributed by atoms with Crippen LogP contribution in [0.3, 0.4) is 0 Å². The van der Waals surface area contributed by atoms with E-state index in [9.17, 15) is 0 Å². The second-order valence-electron chi connectivity index (χ2n) is 2.71. The van der Waals surface area contributed by atoms with Crippen LogP contribution in [-0.2, 0) is 4.84 Å². The number of hydroxylamine groups is 2. The number of hydrogen-bond acceptors (Lipinski definition) is 4. The number of nitrogens with zero attached hydrogens (tertiary/aromatic N) is 2. The van der Waals surface area contributed by atoms with Crippen molar-refractivity contribution in [1.29, 1.82) is 0 Å². The van der Waals surface area contributed by atoms with Gasteiger partial charge in [0.2, 0.25) is 0 Å². The first-order valence-corrected chi connectivity index (χ1v) is 3.83. The Labute approximate surface area is 66.4 Å². The van der Waals surface area contributed by atoms with Gasteiger partial charge in [-0.3, -0.25) is 0 Å². The van der Waals surface area contributed by atoms with E-state index in [-0.39, 0.29) is 0 Å². The first-order chi connectivity index (χ1) is 5.36. The maximum Gasteiger partial charge on any atom is 0.0575 e. The Balaban J connectivity index is 2.24. The molecule has 1 fully saturated rings. The molecule has 64 valence electrons. The van der Waals surface area contributed by atoms with E-state index in [1.54, 1.807) is 13.3 Å². The summed E-state index contributed by atoms with van der Waals surface area (Å²) in [5, 5.41) is 13.2. The van der Waals surface area contributed by atoms with Crippen LogP contribution in [0.1, 0.15) is 12.8 Å². The molecule has 0 radical (unpaired) electrons. The van der Waals surface area contributed by atoms with Crippen LogP contribution in [-0.4, -0.2) is 36.7 Å². The zero-order valence-corrected chi connectivity index (χ0v) is 6.73. The molecule has 11 heavy (non-hydrogen) atoms. The van der Waals surface area contributed by atoms with E-state index in [1.165, 1.54) is 0 Å². The lowest BCUT2D eigenvalue weighted by Gasteiger charge is -2.27. The van der Waals surface area contributed by atoms with E-state index in [2.05, 4.69) is 5.16 Å². The molecular formula is C7H14N2O2. The summed E-state index contributed by atoms with van der Waals surface area (Å²) >= 11 is 0. The van der Waals surface area contributed by atoms with Crippen LogP contribution in [0, 0.1) is 5.92 Å². The highest BCUT2D eigenvalue weighted by molar-refractivity contribution is 5.59. The highest BCUT2D eigenvalue weighted by Crippen LogP contribution is 2.14. The van der Waals surface area contributed by atoms with E-state index in [0.29, 0.717) is 5.92 Å². The summed E-state index contributed by atoms with van der Waals surface area (Å²) in [4.78, 5) is 5.04. The zero-order chi connectivity index (χ0) is 8.10. The number of piperidine rings is 1. The van der Waals surface area contributed by atoms with Crippen molar-refractivity contribution in [2.45, 2.75) is 12.8 Å². The van der Waals surface area contributed by atoms with Crippen LogP contribution >= 0.6 is 0 Å². The largest absolute Gasteiger partial charge is 0.411 e. The predicted octanol–water partition coefficient (Wildman–Crippen LogP) is 0.720. The highest BCUT2D eigenvalue weighted by Gasteiger charge is 2.16. The molecule has 0 amide bonds. The Bertz CT molecular complexity index is 130. The van der Waals surface area contributed by atoms with Crippen molar-refractivity contribution < 1.29 is 10.0 Å². The van der Waals surface area contributed by atoms with Crippen molar-refractivity contribution in [3.8, 4) is 0 Å². The van der Waals surface area contributed by atoms with Gasteiger partial charge in [0.25, 0.3) is 0 Å². The van der Waals surface area contributed by atoms with Gasteiger partial charge in [0.15, 0.2) is 0 Å². The quantitative estimate of drug-likeness (QED) is 0.366. The molecule has 0 aliphatic carbocycles. The highest BCUT2D eigenvalue weighted by atomic mass is 16.7. The minimum absolute atomic E-state index is 0.423. The molecule has 0 saturated carbocycles. The van der Waals surface area contributed by atoms with Crippen LogP contribution in [0.4, 0.5) is 0 Å². The van der Waals surface area contributed by atoms with Gasteiger partial charge in [-0.2, -0.15) is 5.06 Å². The van der Waals surface area contributed by atoms with Crippen molar-refractivity contribution in [2.75, 3.05) is 20.2 Å². The lowest BCUT2D eigenvalue weighted by molar-refractivity contribution is -0.144. The average molecular weight is 158 g/mol. The minimum Gasteiger partial charge on any atom is -0.411 e. The molecule has 1 aliphatic heterocycles. The van der Waals surface area contributed by atoms with Gasteiger partial charge >= 0.3 is 0 Å². The maximum atomic E-state index is 8.27. The van der Waals surface area contributed by atoms with Crippen LogP contribution in [0.2, 0.25) is 0 Å². The third kappa shape index (κ3) is 2.48. The Kier molecular flexibility index (Phi) is 3.32. The Morgan fingerprint density at radius 1 is 1.55 bits per heavy atom. The topological polar surface area (TPSA) is 45.1 Å². The molecule has 1 N–H and O–H groups in total. The van der Waals surface area contributed by atoms with Gasteiger partial charge in [-0.05, 0) is 12.8 Å². The molecule has 1 saturated heterocycles. The molecule has 0 spiro atoms. The number of rotatable bonds is 2. The SMILES string of the molecule is CON1CCC(C=NO)CC1. The molecule has 1 heterocycles. The molecular weight excluding hydrogens is 144 g/mol. The van der Waals surface area contributed by atoms with Crippen LogP contribution in [0.25, 0.3) is 0 Å². The zero-order valence-electron chi connectivity index (χ0n) is 6.73. The van der Waals surface area contributed by atoms with Crippen molar-refractivity contribution >= 4 is 6.21 Å². The maximum absolute atomic E-state index is 8.27. The summed E-state index contributed by atoms with van der Waals surface area (Å²) in [6.45, 7) is 1.85. The lowest BCUT2D eigenvalue weighted by Crippen LogP contribution is -2.33. The fraction of sp³-hybridized carbons (Fsp3) is 0.857. The Morgan fingerprint density at radius 3 is 2.64 bits per heavy atom. The molecule has 1 aliphatic rings. The fourth-order valence-corrected chi connectivity index (χ4v) is 1.30. The van der Waals surface area contributed by atoms with E-state index in [1.807, 2.05) is 5.06 Å². The molecule has 0 unspecified atom stereocenters. The molecule has 0 aromatic heterocycles. The molecule has 0 aromatic carbocycles. The standard InChI is InChI=1S/C7H14N2O2/c1-11-9-4-2-7(3-5-9)6-8-10/h6-7,10H,2-5H2,1H3. The Morgan fingerprint density at radius 2 is 2.18 bits per heavy atom. The molecule has 0 bridgehead atoms. The van der Waals surface area contributed by atoms with Gasteiger partial charge in [-0.1, -0.05) is 0 Å². The van der Waals surface area contributed by atoms with Crippen LogP contribution in [0.15, 0.2) is 5.16 Å². The normalized spacial score (nSPS) is 23.0. The number of hydrogen-bond donors (Lipinski definition) is 1. The Hall–Kier alpha value is -0.610.